The van der Waals surface area contributed by atoms with Crippen LogP contribution in [-0.4, -0.2) is 43.1 Å². The molecule has 2 N–H and O–H groups in total. The summed E-state index contributed by atoms with van der Waals surface area (Å²) in [7, 11) is 0. The minimum absolute atomic E-state index is 0.0566. The molecule has 7 nitrogen and oxygen atoms in total. The van der Waals surface area contributed by atoms with Gasteiger partial charge in [-0.25, -0.2) is 0 Å². The highest BCUT2D eigenvalue weighted by Gasteiger charge is 2.22. The standard InChI is InChI=1S/C32H35N5O2/c33-22-26-12-10-25(11-13-26)16-19-35-23-31(27-6-2-1-3-7-27)32(38)36-28-8-4-5-9-29(15-14-28)39-30-17-20-37(24-34)21-18-30/h1-3,6-15,30-31,35H,4-5,16-21,23H2,(H,36,38)/b15-14-,28-8+,29-9-. The predicted octanol–water partition coefficient (Wildman–Crippen LogP) is 4.67. The maximum absolute atomic E-state index is 13.5. The summed E-state index contributed by atoms with van der Waals surface area (Å²) in [6, 6.07) is 19.6. The Morgan fingerprint density at radius 3 is 2.46 bits per heavy atom. The number of ether oxygens (including phenoxy) is 1. The van der Waals surface area contributed by atoms with Gasteiger partial charge in [-0.3, -0.25) is 4.79 Å². The highest BCUT2D eigenvalue weighted by atomic mass is 16.5. The molecule has 0 aromatic heterocycles. The van der Waals surface area contributed by atoms with Gasteiger partial charge in [0, 0.05) is 38.2 Å². The normalized spacial score (nSPS) is 20.0. The molecule has 1 amide bonds. The van der Waals surface area contributed by atoms with E-state index >= 15 is 0 Å². The second-order valence-corrected chi connectivity index (χ2v) is 9.80. The summed E-state index contributed by atoms with van der Waals surface area (Å²) in [5.74, 6) is 0.414. The molecule has 1 atom stereocenters. The van der Waals surface area contributed by atoms with Crippen LogP contribution in [0.25, 0.3) is 0 Å². The third-order valence-electron chi connectivity index (χ3n) is 7.00. The number of nitrogens with one attached hydrogen (secondary N) is 2. The van der Waals surface area contributed by atoms with Crippen LogP contribution in [-0.2, 0) is 16.0 Å². The van der Waals surface area contributed by atoms with Crippen LogP contribution in [0.3, 0.4) is 0 Å². The Bertz CT molecular complexity index is 1260. The number of piperidine rings is 1. The van der Waals surface area contributed by atoms with Crippen LogP contribution in [0.2, 0.25) is 0 Å². The number of amides is 1. The topological polar surface area (TPSA) is 101 Å². The van der Waals surface area contributed by atoms with E-state index in [0.29, 0.717) is 12.1 Å². The molecular weight excluding hydrogens is 486 g/mol. The molecule has 1 aliphatic heterocycles. The molecule has 1 saturated heterocycles. The van der Waals surface area contributed by atoms with Crippen molar-refractivity contribution in [3.63, 3.8) is 0 Å². The molecule has 1 aliphatic carbocycles. The van der Waals surface area contributed by atoms with Gasteiger partial charge in [0.15, 0.2) is 6.19 Å². The Morgan fingerprint density at radius 2 is 1.74 bits per heavy atom. The number of rotatable bonds is 10. The molecule has 0 bridgehead atoms. The van der Waals surface area contributed by atoms with Crippen molar-refractivity contribution in [2.75, 3.05) is 26.2 Å². The first-order valence-electron chi connectivity index (χ1n) is 13.6. The molecule has 39 heavy (non-hydrogen) atoms. The van der Waals surface area contributed by atoms with E-state index in [1.54, 1.807) is 4.90 Å². The van der Waals surface area contributed by atoms with Crippen LogP contribution >= 0.6 is 0 Å². The van der Waals surface area contributed by atoms with Gasteiger partial charge in [-0.05, 0) is 67.3 Å². The van der Waals surface area contributed by atoms with Crippen molar-refractivity contribution in [1.29, 1.82) is 10.5 Å². The average molecular weight is 522 g/mol. The maximum atomic E-state index is 13.5. The van der Waals surface area contributed by atoms with Crippen molar-refractivity contribution >= 4 is 5.91 Å². The number of carbonyl (C=O) groups is 1. The largest absolute Gasteiger partial charge is 0.491 e. The van der Waals surface area contributed by atoms with E-state index in [4.69, 9.17) is 15.3 Å². The third kappa shape index (κ3) is 8.60. The van der Waals surface area contributed by atoms with E-state index in [0.717, 1.165) is 74.3 Å². The quantitative estimate of drug-likeness (QED) is 0.348. The Morgan fingerprint density at radius 1 is 1.00 bits per heavy atom. The van der Waals surface area contributed by atoms with Crippen molar-refractivity contribution in [2.45, 2.75) is 44.1 Å². The molecule has 200 valence electrons. The fourth-order valence-electron chi connectivity index (χ4n) is 4.72. The van der Waals surface area contributed by atoms with Gasteiger partial charge in [0.1, 0.15) is 11.9 Å². The lowest BCUT2D eigenvalue weighted by Gasteiger charge is -2.29. The molecule has 4 rings (SSSR count). The van der Waals surface area contributed by atoms with Gasteiger partial charge in [0.05, 0.1) is 17.6 Å². The van der Waals surface area contributed by atoms with Crippen molar-refractivity contribution < 1.29 is 9.53 Å². The molecule has 2 aliphatic rings. The monoisotopic (exact) mass is 521 g/mol. The number of hydrogen-bond donors (Lipinski definition) is 2. The van der Waals surface area contributed by atoms with E-state index in [2.05, 4.69) is 29.0 Å². The summed E-state index contributed by atoms with van der Waals surface area (Å²) < 4.78 is 6.22. The molecule has 2 aromatic rings. The van der Waals surface area contributed by atoms with Crippen molar-refractivity contribution in [2.24, 2.45) is 0 Å². The number of carbonyl (C=O) groups excluding carboxylic acids is 1. The number of benzene rings is 2. The molecule has 0 saturated carbocycles. The van der Waals surface area contributed by atoms with Crippen LogP contribution in [0.4, 0.5) is 0 Å². The molecule has 7 heteroatoms. The zero-order valence-electron chi connectivity index (χ0n) is 22.2. The predicted molar refractivity (Wildman–Crippen MR) is 151 cm³/mol. The number of hydrogen-bond acceptors (Lipinski definition) is 6. The SMILES string of the molecule is N#Cc1ccc(CCNCC(C(=O)NC2=C/CC/C=C(OC3CCN(C#N)CC3)/C=C\2)c2ccccc2)cc1. The van der Waals surface area contributed by atoms with E-state index in [-0.39, 0.29) is 17.9 Å². The van der Waals surface area contributed by atoms with Crippen molar-refractivity contribution in [3.05, 3.63) is 107 Å². The fraction of sp³-hybridized carbons (Fsp3) is 0.344. The van der Waals surface area contributed by atoms with Crippen LogP contribution in [0.1, 0.15) is 48.3 Å². The van der Waals surface area contributed by atoms with Gasteiger partial charge in [-0.2, -0.15) is 10.5 Å². The van der Waals surface area contributed by atoms with Gasteiger partial charge in [0.25, 0.3) is 0 Å². The smallest absolute Gasteiger partial charge is 0.233 e. The maximum Gasteiger partial charge on any atom is 0.233 e. The molecule has 0 radical (unpaired) electrons. The summed E-state index contributed by atoms with van der Waals surface area (Å²) in [4.78, 5) is 15.2. The third-order valence-corrected chi connectivity index (χ3v) is 7.00. The lowest BCUT2D eigenvalue weighted by atomic mass is 9.97. The zero-order chi connectivity index (χ0) is 27.3. The molecule has 1 heterocycles. The minimum atomic E-state index is -0.344. The second kappa shape index (κ2) is 14.6. The number of allylic oxidation sites excluding steroid dienone is 4. The lowest BCUT2D eigenvalue weighted by Crippen LogP contribution is -2.35. The number of likely N-dealkylation sites (tertiary alicyclic amines) is 1. The van der Waals surface area contributed by atoms with Gasteiger partial charge >= 0.3 is 0 Å². The second-order valence-electron chi connectivity index (χ2n) is 9.80. The van der Waals surface area contributed by atoms with Gasteiger partial charge in [0.2, 0.25) is 5.91 Å². The van der Waals surface area contributed by atoms with E-state index < -0.39 is 0 Å². The average Bonchev–Trinajstić information content (AvgIpc) is 2.97. The summed E-state index contributed by atoms with van der Waals surface area (Å²) >= 11 is 0. The lowest BCUT2D eigenvalue weighted by molar-refractivity contribution is -0.121. The summed E-state index contributed by atoms with van der Waals surface area (Å²) in [6.07, 6.45) is 14.4. The first kappa shape index (κ1) is 27.7. The molecule has 0 spiro atoms. The molecule has 2 aromatic carbocycles. The Labute approximate surface area is 231 Å². The van der Waals surface area contributed by atoms with Gasteiger partial charge < -0.3 is 20.3 Å². The Kier molecular flexibility index (Phi) is 10.3. The Balaban J connectivity index is 1.33. The molecule has 1 fully saturated rings. The van der Waals surface area contributed by atoms with E-state index in [1.807, 2.05) is 72.8 Å². The van der Waals surface area contributed by atoms with E-state index in [9.17, 15) is 4.79 Å². The highest BCUT2D eigenvalue weighted by Crippen LogP contribution is 2.20. The van der Waals surface area contributed by atoms with Crippen LogP contribution < -0.4 is 10.6 Å². The zero-order valence-corrected chi connectivity index (χ0v) is 22.2. The molecular formula is C32H35N5O2. The summed E-state index contributed by atoms with van der Waals surface area (Å²) in [5.41, 5.74) is 3.53. The van der Waals surface area contributed by atoms with Crippen molar-refractivity contribution in [1.82, 2.24) is 15.5 Å². The minimum Gasteiger partial charge on any atom is -0.491 e. The fourth-order valence-corrected chi connectivity index (χ4v) is 4.72. The number of nitrogens with zero attached hydrogens (tertiary/aromatic N) is 3. The van der Waals surface area contributed by atoms with Crippen LogP contribution in [0, 0.1) is 22.8 Å². The van der Waals surface area contributed by atoms with E-state index in [1.165, 1.54) is 0 Å². The van der Waals surface area contributed by atoms with Crippen LogP contribution in [0.5, 0.6) is 0 Å². The first-order valence-corrected chi connectivity index (χ1v) is 13.6. The number of nitriles is 2. The van der Waals surface area contributed by atoms with Crippen molar-refractivity contribution in [3.8, 4) is 12.3 Å². The highest BCUT2D eigenvalue weighted by molar-refractivity contribution is 5.85. The van der Waals surface area contributed by atoms with Gasteiger partial charge in [-0.15, -0.1) is 0 Å². The first-order chi connectivity index (χ1) is 19.1. The van der Waals surface area contributed by atoms with Crippen LogP contribution in [0.15, 0.2) is 90.4 Å². The summed E-state index contributed by atoms with van der Waals surface area (Å²) in [5, 5.41) is 24.6. The molecule has 1 unspecified atom stereocenters. The Hall–Kier alpha value is -4.33. The summed E-state index contributed by atoms with van der Waals surface area (Å²) in [6.45, 7) is 2.69. The van der Waals surface area contributed by atoms with Gasteiger partial charge in [-0.1, -0.05) is 48.5 Å².